The Morgan fingerprint density at radius 1 is 1.27 bits per heavy atom. The first-order chi connectivity index (χ1) is 10.6. The number of nitrogens with zero attached hydrogens (tertiary/aromatic N) is 5. The second-order valence-corrected chi connectivity index (χ2v) is 5.50. The number of rotatable bonds is 4. The molecule has 0 aromatic carbocycles. The van der Waals surface area contributed by atoms with E-state index in [1.165, 1.54) is 4.68 Å². The maximum Gasteiger partial charge on any atom is 0.269 e. The van der Waals surface area contributed by atoms with Gasteiger partial charge in [-0.15, -0.1) is 10.2 Å². The SMILES string of the molecule is CC(C)c1nnc(Cn2ncc(N3CCOCC3)cc2=O)o1. The molecule has 0 atom stereocenters. The Balaban J connectivity index is 1.75. The monoisotopic (exact) mass is 305 g/mol. The Morgan fingerprint density at radius 3 is 2.68 bits per heavy atom. The zero-order valence-corrected chi connectivity index (χ0v) is 12.7. The standard InChI is InChI=1S/C14H19N5O3/c1-10(2)14-17-16-12(22-14)9-19-13(20)7-11(8-15-19)18-3-5-21-6-4-18/h7-8,10H,3-6,9H2,1-2H3. The molecule has 0 saturated carbocycles. The summed E-state index contributed by atoms with van der Waals surface area (Å²) in [6.45, 7) is 7.00. The third kappa shape index (κ3) is 3.16. The molecule has 2 aromatic heterocycles. The Labute approximate surface area is 127 Å². The minimum Gasteiger partial charge on any atom is -0.423 e. The van der Waals surface area contributed by atoms with Gasteiger partial charge in [0.1, 0.15) is 6.54 Å². The predicted octanol–water partition coefficient (Wildman–Crippen LogP) is 0.635. The van der Waals surface area contributed by atoms with Crippen molar-refractivity contribution in [3.05, 3.63) is 34.4 Å². The normalized spacial score (nSPS) is 15.5. The van der Waals surface area contributed by atoms with Gasteiger partial charge in [0.05, 0.1) is 25.1 Å². The minimum absolute atomic E-state index is 0.162. The maximum atomic E-state index is 12.2. The van der Waals surface area contributed by atoms with Crippen molar-refractivity contribution in [2.45, 2.75) is 26.3 Å². The molecule has 1 fully saturated rings. The van der Waals surface area contributed by atoms with Gasteiger partial charge in [0.25, 0.3) is 5.56 Å². The van der Waals surface area contributed by atoms with Crippen LogP contribution in [-0.2, 0) is 11.3 Å². The Kier molecular flexibility index (Phi) is 4.19. The van der Waals surface area contributed by atoms with Crippen molar-refractivity contribution in [1.29, 1.82) is 0 Å². The number of hydrogen-bond acceptors (Lipinski definition) is 7. The number of ether oxygens (including phenoxy) is 1. The van der Waals surface area contributed by atoms with Gasteiger partial charge in [-0.2, -0.15) is 5.10 Å². The van der Waals surface area contributed by atoms with Gasteiger partial charge in [-0.05, 0) is 0 Å². The van der Waals surface area contributed by atoms with E-state index < -0.39 is 0 Å². The summed E-state index contributed by atoms with van der Waals surface area (Å²) in [6, 6.07) is 1.58. The van der Waals surface area contributed by atoms with Gasteiger partial charge in [0.15, 0.2) is 0 Å². The van der Waals surface area contributed by atoms with Crippen LogP contribution in [0.25, 0.3) is 0 Å². The van der Waals surface area contributed by atoms with Crippen molar-refractivity contribution < 1.29 is 9.15 Å². The Hall–Kier alpha value is -2.22. The molecule has 2 aromatic rings. The molecule has 0 unspecified atom stereocenters. The summed E-state index contributed by atoms with van der Waals surface area (Å²) >= 11 is 0. The molecule has 22 heavy (non-hydrogen) atoms. The van der Waals surface area contributed by atoms with Crippen LogP contribution in [0.2, 0.25) is 0 Å². The van der Waals surface area contributed by atoms with E-state index in [1.807, 2.05) is 13.8 Å². The van der Waals surface area contributed by atoms with Crippen LogP contribution < -0.4 is 10.5 Å². The number of morpholine rings is 1. The molecule has 0 N–H and O–H groups in total. The molecule has 0 amide bonds. The largest absolute Gasteiger partial charge is 0.423 e. The highest BCUT2D eigenvalue weighted by atomic mass is 16.5. The fraction of sp³-hybridized carbons (Fsp3) is 0.571. The molecule has 1 saturated heterocycles. The summed E-state index contributed by atoms with van der Waals surface area (Å²) in [5, 5.41) is 12.1. The summed E-state index contributed by atoms with van der Waals surface area (Å²) < 4.78 is 12.1. The van der Waals surface area contributed by atoms with E-state index in [0.717, 1.165) is 18.8 Å². The molecule has 1 aliphatic rings. The third-order valence-corrected chi connectivity index (χ3v) is 3.49. The van der Waals surface area contributed by atoms with Crippen LogP contribution in [0.3, 0.4) is 0 Å². The van der Waals surface area contributed by atoms with Gasteiger partial charge in [0, 0.05) is 25.1 Å². The van der Waals surface area contributed by atoms with Gasteiger partial charge in [0.2, 0.25) is 11.8 Å². The summed E-state index contributed by atoms with van der Waals surface area (Å²) in [4.78, 5) is 14.3. The van der Waals surface area contributed by atoms with E-state index in [1.54, 1.807) is 12.3 Å². The number of hydrogen-bond donors (Lipinski definition) is 0. The summed E-state index contributed by atoms with van der Waals surface area (Å²) in [6.07, 6.45) is 1.69. The van der Waals surface area contributed by atoms with Crippen LogP contribution in [0, 0.1) is 0 Å². The van der Waals surface area contributed by atoms with Gasteiger partial charge in [-0.1, -0.05) is 13.8 Å². The van der Waals surface area contributed by atoms with Crippen molar-refractivity contribution in [2.75, 3.05) is 31.2 Å². The van der Waals surface area contributed by atoms with Crippen LogP contribution in [0.5, 0.6) is 0 Å². The lowest BCUT2D eigenvalue weighted by Crippen LogP contribution is -2.37. The summed E-state index contributed by atoms with van der Waals surface area (Å²) in [5.41, 5.74) is 0.631. The van der Waals surface area contributed by atoms with Crippen molar-refractivity contribution in [1.82, 2.24) is 20.0 Å². The summed E-state index contributed by atoms with van der Waals surface area (Å²) in [5.74, 6) is 1.11. The molecular weight excluding hydrogens is 286 g/mol. The molecular formula is C14H19N5O3. The van der Waals surface area contributed by atoms with Crippen molar-refractivity contribution in [3.63, 3.8) is 0 Å². The Morgan fingerprint density at radius 2 is 2.05 bits per heavy atom. The van der Waals surface area contributed by atoms with E-state index in [9.17, 15) is 4.79 Å². The maximum absolute atomic E-state index is 12.2. The second-order valence-electron chi connectivity index (χ2n) is 5.50. The molecule has 8 heteroatoms. The topological polar surface area (TPSA) is 86.3 Å². The Bertz CT molecular complexity index is 688. The fourth-order valence-electron chi connectivity index (χ4n) is 2.23. The number of anilines is 1. The lowest BCUT2D eigenvalue weighted by molar-refractivity contribution is 0.122. The lowest BCUT2D eigenvalue weighted by atomic mass is 10.2. The molecule has 3 rings (SSSR count). The zero-order chi connectivity index (χ0) is 15.5. The minimum atomic E-state index is -0.187. The predicted molar refractivity (Wildman–Crippen MR) is 79.0 cm³/mol. The van der Waals surface area contributed by atoms with Crippen LogP contribution >= 0.6 is 0 Å². The molecule has 0 radical (unpaired) electrons. The first-order valence-corrected chi connectivity index (χ1v) is 7.35. The van der Waals surface area contributed by atoms with Crippen LogP contribution in [0.1, 0.15) is 31.5 Å². The quantitative estimate of drug-likeness (QED) is 0.819. The molecule has 0 aliphatic carbocycles. The highest BCUT2D eigenvalue weighted by Crippen LogP contribution is 2.13. The smallest absolute Gasteiger partial charge is 0.269 e. The lowest BCUT2D eigenvalue weighted by Gasteiger charge is -2.28. The first-order valence-electron chi connectivity index (χ1n) is 7.35. The fourth-order valence-corrected chi connectivity index (χ4v) is 2.23. The molecule has 1 aliphatic heterocycles. The third-order valence-electron chi connectivity index (χ3n) is 3.49. The van der Waals surface area contributed by atoms with Crippen LogP contribution in [0.15, 0.2) is 21.5 Å². The molecule has 118 valence electrons. The van der Waals surface area contributed by atoms with E-state index >= 15 is 0 Å². The van der Waals surface area contributed by atoms with Crippen molar-refractivity contribution in [2.24, 2.45) is 0 Å². The summed E-state index contributed by atoms with van der Waals surface area (Å²) in [7, 11) is 0. The van der Waals surface area contributed by atoms with E-state index in [-0.39, 0.29) is 18.0 Å². The van der Waals surface area contributed by atoms with Crippen LogP contribution in [0.4, 0.5) is 5.69 Å². The van der Waals surface area contributed by atoms with E-state index in [4.69, 9.17) is 9.15 Å². The average Bonchev–Trinajstić information content (AvgIpc) is 2.99. The van der Waals surface area contributed by atoms with Gasteiger partial charge >= 0.3 is 0 Å². The van der Waals surface area contributed by atoms with Crippen molar-refractivity contribution in [3.8, 4) is 0 Å². The number of aromatic nitrogens is 4. The van der Waals surface area contributed by atoms with Crippen molar-refractivity contribution >= 4 is 5.69 Å². The first kappa shape index (κ1) is 14.7. The highest BCUT2D eigenvalue weighted by molar-refractivity contribution is 5.43. The molecule has 0 bridgehead atoms. The van der Waals surface area contributed by atoms with Gasteiger partial charge in [-0.3, -0.25) is 4.79 Å². The highest BCUT2D eigenvalue weighted by Gasteiger charge is 2.14. The molecule has 8 nitrogen and oxygen atoms in total. The van der Waals surface area contributed by atoms with Gasteiger partial charge < -0.3 is 14.1 Å². The van der Waals surface area contributed by atoms with E-state index in [0.29, 0.717) is 25.0 Å². The molecule has 0 spiro atoms. The van der Waals surface area contributed by atoms with Crippen LogP contribution in [-0.4, -0.2) is 46.3 Å². The molecule has 3 heterocycles. The van der Waals surface area contributed by atoms with E-state index in [2.05, 4.69) is 20.2 Å². The second kappa shape index (κ2) is 6.27. The zero-order valence-electron chi connectivity index (χ0n) is 12.7. The average molecular weight is 305 g/mol. The van der Waals surface area contributed by atoms with Gasteiger partial charge in [-0.25, -0.2) is 4.68 Å².